The van der Waals surface area contributed by atoms with E-state index in [9.17, 15) is 9.59 Å². The van der Waals surface area contributed by atoms with Gasteiger partial charge in [-0.25, -0.2) is 4.99 Å². The summed E-state index contributed by atoms with van der Waals surface area (Å²) in [5, 5.41) is 4.09. The highest BCUT2D eigenvalue weighted by molar-refractivity contribution is 8.15. The number of thioether (sulfide) groups is 1. The zero-order valence-corrected chi connectivity index (χ0v) is 18.0. The number of hydrogen-bond donors (Lipinski definition) is 1. The van der Waals surface area contributed by atoms with E-state index in [4.69, 9.17) is 23.2 Å². The van der Waals surface area contributed by atoms with E-state index < -0.39 is 5.25 Å². The van der Waals surface area contributed by atoms with Gasteiger partial charge in [-0.05, 0) is 55.3 Å². The molecule has 2 aromatic rings. The Bertz CT molecular complexity index is 978. The maximum Gasteiger partial charge on any atom is 0.242 e. The molecule has 5 nitrogen and oxygen atoms in total. The van der Waals surface area contributed by atoms with Gasteiger partial charge in [-0.15, -0.1) is 0 Å². The molecule has 0 bridgehead atoms. The highest BCUT2D eigenvalue weighted by Gasteiger charge is 2.37. The van der Waals surface area contributed by atoms with Crippen molar-refractivity contribution in [1.29, 1.82) is 0 Å². The van der Waals surface area contributed by atoms with Crippen LogP contribution in [0.4, 0.5) is 11.4 Å². The first-order valence-corrected chi connectivity index (χ1v) is 10.2. The second-order valence-corrected chi connectivity index (χ2v) is 8.51. The van der Waals surface area contributed by atoms with Crippen molar-refractivity contribution >= 4 is 63.3 Å². The Labute approximate surface area is 178 Å². The van der Waals surface area contributed by atoms with Crippen molar-refractivity contribution in [3.05, 3.63) is 57.6 Å². The summed E-state index contributed by atoms with van der Waals surface area (Å²) < 4.78 is 0. The average molecular weight is 436 g/mol. The van der Waals surface area contributed by atoms with Crippen molar-refractivity contribution in [2.75, 3.05) is 12.4 Å². The third-order valence-electron chi connectivity index (χ3n) is 4.43. The van der Waals surface area contributed by atoms with Crippen LogP contribution >= 0.6 is 35.0 Å². The highest BCUT2D eigenvalue weighted by atomic mass is 35.5. The van der Waals surface area contributed by atoms with Gasteiger partial charge in [0.15, 0.2) is 5.17 Å². The Kier molecular flexibility index (Phi) is 6.33. The molecule has 0 radical (unpaired) electrons. The predicted molar refractivity (Wildman–Crippen MR) is 117 cm³/mol. The number of carbonyl (C=O) groups excluding carboxylic acids is 2. The summed E-state index contributed by atoms with van der Waals surface area (Å²) in [7, 11) is 1.67. The molecule has 0 spiro atoms. The van der Waals surface area contributed by atoms with Gasteiger partial charge in [0.1, 0.15) is 5.25 Å². The molecule has 28 heavy (non-hydrogen) atoms. The zero-order chi connectivity index (χ0) is 20.4. The van der Waals surface area contributed by atoms with Crippen molar-refractivity contribution in [3.63, 3.8) is 0 Å². The van der Waals surface area contributed by atoms with Crippen LogP contribution in [0, 0.1) is 13.8 Å². The molecule has 0 aromatic heterocycles. The molecule has 1 saturated heterocycles. The van der Waals surface area contributed by atoms with Crippen LogP contribution in [0.5, 0.6) is 0 Å². The third kappa shape index (κ3) is 4.51. The van der Waals surface area contributed by atoms with Crippen LogP contribution < -0.4 is 5.32 Å². The summed E-state index contributed by atoms with van der Waals surface area (Å²) in [4.78, 5) is 31.1. The van der Waals surface area contributed by atoms with E-state index in [1.54, 1.807) is 31.3 Å². The number of carbonyl (C=O) groups is 2. The molecule has 3 rings (SSSR count). The molecule has 2 amide bonds. The molecule has 2 aromatic carbocycles. The Balaban J connectivity index is 1.72. The summed E-state index contributed by atoms with van der Waals surface area (Å²) in [5.74, 6) is -0.387. The second kappa shape index (κ2) is 8.55. The molecular weight excluding hydrogens is 417 g/mol. The van der Waals surface area contributed by atoms with E-state index in [1.165, 1.54) is 16.7 Å². The van der Waals surface area contributed by atoms with Crippen LogP contribution in [-0.4, -0.2) is 34.2 Å². The topological polar surface area (TPSA) is 61.8 Å². The molecule has 1 N–H and O–H groups in total. The number of benzene rings is 2. The molecule has 1 atom stereocenters. The minimum Gasteiger partial charge on any atom is -0.326 e. The molecule has 1 aliphatic heterocycles. The van der Waals surface area contributed by atoms with Crippen molar-refractivity contribution in [2.24, 2.45) is 4.99 Å². The quantitative estimate of drug-likeness (QED) is 0.717. The number of amidine groups is 1. The number of nitrogens with zero attached hydrogens (tertiary/aromatic N) is 2. The fourth-order valence-electron chi connectivity index (χ4n) is 2.76. The fourth-order valence-corrected chi connectivity index (χ4v) is 4.31. The van der Waals surface area contributed by atoms with Crippen LogP contribution in [0.25, 0.3) is 0 Å². The van der Waals surface area contributed by atoms with Gasteiger partial charge in [0, 0.05) is 29.2 Å². The molecule has 1 aliphatic rings. The number of anilines is 1. The Hall–Kier alpha value is -2.02. The molecule has 0 saturated carbocycles. The van der Waals surface area contributed by atoms with Gasteiger partial charge < -0.3 is 5.32 Å². The largest absolute Gasteiger partial charge is 0.326 e. The molecular formula is C20H19Cl2N3O2S. The first-order valence-electron chi connectivity index (χ1n) is 8.60. The minimum absolute atomic E-state index is 0.0540. The second-order valence-electron chi connectivity index (χ2n) is 6.49. The average Bonchev–Trinajstić information content (AvgIpc) is 2.89. The predicted octanol–water partition coefficient (Wildman–Crippen LogP) is 5.20. The fraction of sp³-hybridized carbons (Fsp3) is 0.250. The Morgan fingerprint density at radius 1 is 1.25 bits per heavy atom. The standard InChI is InChI=1S/C20H19Cl2N3O2S/c1-11-9-13(21)7-8-15(11)24-20-25(3)19(27)17(28-20)10-18(26)23-16-6-4-5-14(22)12(16)2/h4-9,17H,10H2,1-3H3,(H,23,26)/t17-/m0/s1. The van der Waals surface area contributed by atoms with Gasteiger partial charge in [0.05, 0.1) is 5.69 Å². The number of amides is 2. The van der Waals surface area contributed by atoms with Crippen molar-refractivity contribution in [1.82, 2.24) is 4.90 Å². The molecule has 0 unspecified atom stereocenters. The lowest BCUT2D eigenvalue weighted by molar-refractivity contribution is -0.127. The maximum absolute atomic E-state index is 12.6. The zero-order valence-electron chi connectivity index (χ0n) is 15.6. The van der Waals surface area contributed by atoms with Gasteiger partial charge in [0.2, 0.25) is 11.8 Å². The lowest BCUT2D eigenvalue weighted by Gasteiger charge is -2.11. The smallest absolute Gasteiger partial charge is 0.242 e. The Morgan fingerprint density at radius 3 is 2.71 bits per heavy atom. The number of nitrogens with one attached hydrogen (secondary N) is 1. The number of aryl methyl sites for hydroxylation is 1. The van der Waals surface area contributed by atoms with E-state index in [1.807, 2.05) is 26.0 Å². The van der Waals surface area contributed by atoms with Crippen LogP contribution in [0.15, 0.2) is 41.4 Å². The van der Waals surface area contributed by atoms with Gasteiger partial charge in [-0.1, -0.05) is 41.0 Å². The molecule has 8 heteroatoms. The first kappa shape index (κ1) is 20.7. The summed E-state index contributed by atoms with van der Waals surface area (Å²) in [5.41, 5.74) is 3.10. The van der Waals surface area contributed by atoms with Gasteiger partial charge in [-0.3, -0.25) is 14.5 Å². The monoisotopic (exact) mass is 435 g/mol. The SMILES string of the molecule is Cc1cc(Cl)ccc1N=C1S[C@@H](CC(=O)Nc2cccc(Cl)c2C)C(=O)N1C. The number of halogens is 2. The van der Waals surface area contributed by atoms with Crippen LogP contribution in [-0.2, 0) is 9.59 Å². The van der Waals surface area contributed by atoms with E-state index in [2.05, 4.69) is 10.3 Å². The van der Waals surface area contributed by atoms with Crippen molar-refractivity contribution in [2.45, 2.75) is 25.5 Å². The third-order valence-corrected chi connectivity index (χ3v) is 6.30. The molecule has 0 aliphatic carbocycles. The molecule has 146 valence electrons. The normalized spacial score (nSPS) is 18.0. The summed E-state index contributed by atoms with van der Waals surface area (Å²) in [6.07, 6.45) is 0.0540. The first-order chi connectivity index (χ1) is 13.3. The lowest BCUT2D eigenvalue weighted by atomic mass is 10.2. The Morgan fingerprint density at radius 2 is 2.00 bits per heavy atom. The van der Waals surface area contributed by atoms with E-state index >= 15 is 0 Å². The summed E-state index contributed by atoms with van der Waals surface area (Å²) >= 11 is 13.4. The highest BCUT2D eigenvalue weighted by Crippen LogP contribution is 2.32. The molecule has 1 heterocycles. The van der Waals surface area contributed by atoms with E-state index in [-0.39, 0.29) is 18.2 Å². The number of aliphatic imine (C=N–C) groups is 1. The lowest BCUT2D eigenvalue weighted by Crippen LogP contribution is -2.30. The minimum atomic E-state index is -0.518. The number of rotatable bonds is 4. The van der Waals surface area contributed by atoms with E-state index in [0.717, 1.165) is 16.8 Å². The van der Waals surface area contributed by atoms with Crippen LogP contribution in [0.2, 0.25) is 10.0 Å². The maximum atomic E-state index is 12.6. The molecule has 1 fully saturated rings. The summed E-state index contributed by atoms with van der Waals surface area (Å²) in [6, 6.07) is 10.7. The van der Waals surface area contributed by atoms with Crippen LogP contribution in [0.3, 0.4) is 0 Å². The number of hydrogen-bond acceptors (Lipinski definition) is 4. The van der Waals surface area contributed by atoms with Gasteiger partial charge in [0.25, 0.3) is 0 Å². The van der Waals surface area contributed by atoms with Gasteiger partial charge in [-0.2, -0.15) is 0 Å². The summed E-state index contributed by atoms with van der Waals surface area (Å²) in [6.45, 7) is 3.74. The van der Waals surface area contributed by atoms with Crippen molar-refractivity contribution < 1.29 is 9.59 Å². The van der Waals surface area contributed by atoms with Gasteiger partial charge >= 0.3 is 0 Å². The van der Waals surface area contributed by atoms with E-state index in [0.29, 0.717) is 20.9 Å². The van der Waals surface area contributed by atoms with Crippen molar-refractivity contribution in [3.8, 4) is 0 Å². The van der Waals surface area contributed by atoms with Crippen LogP contribution in [0.1, 0.15) is 17.5 Å².